The summed E-state index contributed by atoms with van der Waals surface area (Å²) in [6.07, 6.45) is 1.12. The number of ether oxygens (including phenoxy) is 2. The summed E-state index contributed by atoms with van der Waals surface area (Å²) in [6.45, 7) is 0. The molecule has 7 heteroatoms. The molecule has 0 aliphatic rings. The average Bonchev–Trinajstić information content (AvgIpc) is 2.60. The van der Waals surface area contributed by atoms with Crippen molar-refractivity contribution < 1.29 is 24.2 Å². The van der Waals surface area contributed by atoms with Gasteiger partial charge in [0.1, 0.15) is 6.07 Å². The van der Waals surface area contributed by atoms with Gasteiger partial charge in [-0.25, -0.2) is 4.79 Å². The summed E-state index contributed by atoms with van der Waals surface area (Å²) >= 11 is 5.96. The van der Waals surface area contributed by atoms with E-state index in [0.29, 0.717) is 5.56 Å². The lowest BCUT2D eigenvalue weighted by molar-refractivity contribution is -0.298. The second kappa shape index (κ2) is 7.99. The minimum Gasteiger partial charge on any atom is -0.544 e. The Bertz CT molecular complexity index is 899. The zero-order valence-electron chi connectivity index (χ0n) is 13.0. The van der Waals surface area contributed by atoms with E-state index >= 15 is 0 Å². The maximum atomic E-state index is 12.2. The van der Waals surface area contributed by atoms with Crippen molar-refractivity contribution in [3.05, 3.63) is 64.2 Å². The van der Waals surface area contributed by atoms with E-state index < -0.39 is 17.5 Å². The van der Waals surface area contributed by atoms with Gasteiger partial charge in [-0.15, -0.1) is 0 Å². The Morgan fingerprint density at radius 1 is 1.20 bits per heavy atom. The van der Waals surface area contributed by atoms with E-state index in [1.807, 2.05) is 0 Å². The summed E-state index contributed by atoms with van der Waals surface area (Å²) in [5.74, 6) is -1.95. The highest BCUT2D eigenvalue weighted by Crippen LogP contribution is 2.30. The van der Waals surface area contributed by atoms with Gasteiger partial charge in [0.15, 0.2) is 11.5 Å². The van der Waals surface area contributed by atoms with Gasteiger partial charge in [-0.2, -0.15) is 5.26 Å². The number of carboxylic acid groups (broad SMARTS) is 1. The third kappa shape index (κ3) is 4.37. The van der Waals surface area contributed by atoms with Gasteiger partial charge in [0, 0.05) is 0 Å². The summed E-state index contributed by atoms with van der Waals surface area (Å²) in [5.41, 5.74) is 0.0249. The number of aliphatic carboxylic acids is 1. The topological polar surface area (TPSA) is 99.4 Å². The first kappa shape index (κ1) is 18.0. The van der Waals surface area contributed by atoms with E-state index in [4.69, 9.17) is 26.3 Å². The number of nitriles is 1. The molecule has 2 aromatic carbocycles. The normalized spacial score (nSPS) is 10.7. The first-order valence-electron chi connectivity index (χ1n) is 6.94. The fourth-order valence-electron chi connectivity index (χ4n) is 1.94. The maximum Gasteiger partial charge on any atom is 0.345 e. The van der Waals surface area contributed by atoms with Gasteiger partial charge in [0.25, 0.3) is 0 Å². The van der Waals surface area contributed by atoms with Crippen LogP contribution in [0.15, 0.2) is 48.0 Å². The van der Waals surface area contributed by atoms with Crippen LogP contribution in [0, 0.1) is 11.3 Å². The third-order valence-corrected chi connectivity index (χ3v) is 3.47. The molecule has 0 unspecified atom stereocenters. The Hall–Kier alpha value is -3.30. The predicted molar refractivity (Wildman–Crippen MR) is 88.0 cm³/mol. The van der Waals surface area contributed by atoms with Gasteiger partial charge in [-0.3, -0.25) is 0 Å². The second-order valence-corrected chi connectivity index (χ2v) is 5.14. The largest absolute Gasteiger partial charge is 0.544 e. The highest BCUT2D eigenvalue weighted by molar-refractivity contribution is 6.33. The minimum absolute atomic E-state index is 0.122. The van der Waals surface area contributed by atoms with E-state index in [9.17, 15) is 14.7 Å². The molecule has 0 bridgehead atoms. The highest BCUT2D eigenvalue weighted by atomic mass is 35.5. The number of methoxy groups -OCH3 is 1. The number of nitrogens with zero attached hydrogens (tertiary/aromatic N) is 1. The van der Waals surface area contributed by atoms with Crippen molar-refractivity contribution in [3.63, 3.8) is 0 Å². The van der Waals surface area contributed by atoms with E-state index in [1.54, 1.807) is 18.2 Å². The molecule has 0 atom stereocenters. The number of hydrogen-bond acceptors (Lipinski definition) is 6. The zero-order valence-corrected chi connectivity index (χ0v) is 13.7. The first-order valence-corrected chi connectivity index (χ1v) is 7.32. The second-order valence-electron chi connectivity index (χ2n) is 4.74. The van der Waals surface area contributed by atoms with Gasteiger partial charge in [0.2, 0.25) is 0 Å². The van der Waals surface area contributed by atoms with Gasteiger partial charge in [-0.05, 0) is 35.9 Å². The Morgan fingerprint density at radius 2 is 1.92 bits per heavy atom. The van der Waals surface area contributed by atoms with Gasteiger partial charge >= 0.3 is 5.97 Å². The van der Waals surface area contributed by atoms with Gasteiger partial charge in [0.05, 0.1) is 29.2 Å². The van der Waals surface area contributed by atoms with Crippen molar-refractivity contribution in [2.75, 3.05) is 7.11 Å². The fraction of sp³-hybridized carbons (Fsp3) is 0.0556. The van der Waals surface area contributed by atoms with E-state index in [2.05, 4.69) is 0 Å². The zero-order chi connectivity index (χ0) is 18.4. The monoisotopic (exact) mass is 356 g/mol. The van der Waals surface area contributed by atoms with Gasteiger partial charge < -0.3 is 19.4 Å². The first-order chi connectivity index (χ1) is 12.0. The van der Waals surface area contributed by atoms with Crippen LogP contribution in [0.5, 0.6) is 11.5 Å². The Balaban J connectivity index is 2.31. The van der Waals surface area contributed by atoms with Crippen LogP contribution in [-0.2, 0) is 4.79 Å². The molecule has 2 rings (SSSR count). The summed E-state index contributed by atoms with van der Waals surface area (Å²) in [7, 11) is 1.36. The van der Waals surface area contributed by atoms with Crippen molar-refractivity contribution in [1.29, 1.82) is 5.26 Å². The summed E-state index contributed by atoms with van der Waals surface area (Å²) in [6, 6.07) is 12.3. The van der Waals surface area contributed by atoms with Crippen molar-refractivity contribution in [2.24, 2.45) is 0 Å². The molecule has 0 aliphatic heterocycles. The molecular weight excluding hydrogens is 346 g/mol. The van der Waals surface area contributed by atoms with Crippen molar-refractivity contribution in [3.8, 4) is 17.6 Å². The smallest absolute Gasteiger partial charge is 0.345 e. The molecular formula is C18H11ClNO5-. The Morgan fingerprint density at radius 3 is 2.52 bits per heavy atom. The lowest BCUT2D eigenvalue weighted by atomic mass is 10.1. The molecule has 0 amide bonds. The lowest BCUT2D eigenvalue weighted by Crippen LogP contribution is -2.23. The van der Waals surface area contributed by atoms with Crippen molar-refractivity contribution >= 4 is 29.6 Å². The van der Waals surface area contributed by atoms with Gasteiger partial charge in [-0.1, -0.05) is 29.8 Å². The quantitative estimate of drug-likeness (QED) is 0.352. The summed E-state index contributed by atoms with van der Waals surface area (Å²) < 4.78 is 10.4. The molecule has 0 N–H and O–H groups in total. The maximum absolute atomic E-state index is 12.2. The van der Waals surface area contributed by atoms with Crippen LogP contribution in [-0.4, -0.2) is 19.0 Å². The van der Waals surface area contributed by atoms with Crippen LogP contribution in [0.25, 0.3) is 6.08 Å². The van der Waals surface area contributed by atoms with Crippen molar-refractivity contribution in [2.45, 2.75) is 0 Å². The number of benzene rings is 2. The Kier molecular flexibility index (Phi) is 5.77. The molecule has 2 aromatic rings. The van der Waals surface area contributed by atoms with Crippen LogP contribution >= 0.6 is 11.6 Å². The van der Waals surface area contributed by atoms with E-state index in [-0.39, 0.29) is 22.1 Å². The lowest BCUT2D eigenvalue weighted by Gasteiger charge is -2.11. The number of rotatable bonds is 5. The highest BCUT2D eigenvalue weighted by Gasteiger charge is 2.15. The van der Waals surface area contributed by atoms with E-state index in [0.717, 1.165) is 6.08 Å². The fourth-order valence-corrected chi connectivity index (χ4v) is 2.16. The molecule has 0 radical (unpaired) electrons. The minimum atomic E-state index is -1.59. The van der Waals surface area contributed by atoms with Crippen LogP contribution < -0.4 is 14.6 Å². The SMILES string of the molecule is COc1cc(/C=C(\C#N)C(=O)[O-])ccc1OC(=O)c1ccccc1Cl. The number of esters is 1. The predicted octanol–water partition coefficient (Wildman–Crippen LogP) is 2.22. The number of carbonyl (C=O) groups is 2. The van der Waals surface area contributed by atoms with E-state index in [1.165, 1.54) is 37.4 Å². The standard InChI is InChI=1S/C18H12ClNO5/c1-24-16-9-11(8-12(10-20)17(21)22)6-7-15(16)25-18(23)13-4-2-3-5-14(13)19/h2-9H,1H3,(H,21,22)/p-1/b12-8+. The van der Waals surface area contributed by atoms with Crippen LogP contribution in [0.3, 0.4) is 0 Å². The number of carboxylic acids is 1. The molecule has 0 aromatic heterocycles. The number of hydrogen-bond donors (Lipinski definition) is 0. The Labute approximate surface area is 148 Å². The third-order valence-electron chi connectivity index (χ3n) is 3.14. The molecule has 0 saturated carbocycles. The molecule has 126 valence electrons. The molecule has 0 fully saturated rings. The van der Waals surface area contributed by atoms with Crippen LogP contribution in [0.4, 0.5) is 0 Å². The van der Waals surface area contributed by atoms with Crippen molar-refractivity contribution in [1.82, 2.24) is 0 Å². The molecule has 6 nitrogen and oxygen atoms in total. The summed E-state index contributed by atoms with van der Waals surface area (Å²) in [5, 5.41) is 19.8. The molecule has 0 spiro atoms. The van der Waals surface area contributed by atoms with Crippen LogP contribution in [0.2, 0.25) is 5.02 Å². The summed E-state index contributed by atoms with van der Waals surface area (Å²) in [4.78, 5) is 23.0. The number of halogens is 1. The molecule has 0 heterocycles. The number of carbonyl (C=O) groups excluding carboxylic acids is 2. The molecule has 25 heavy (non-hydrogen) atoms. The molecule has 0 aliphatic carbocycles. The average molecular weight is 357 g/mol. The molecule has 0 saturated heterocycles. The van der Waals surface area contributed by atoms with Crippen LogP contribution in [0.1, 0.15) is 15.9 Å².